The maximum Gasteiger partial charge on any atom is 0.460 e. The van der Waals surface area contributed by atoms with Gasteiger partial charge in [0, 0.05) is 24.5 Å². The lowest BCUT2D eigenvalue weighted by Crippen LogP contribution is -2.62. The van der Waals surface area contributed by atoms with Crippen LogP contribution in [0.3, 0.4) is 0 Å². The summed E-state index contributed by atoms with van der Waals surface area (Å²) in [7, 11) is 0. The molecule has 0 radical (unpaired) electrons. The van der Waals surface area contributed by atoms with Crippen LogP contribution in [0.25, 0.3) is 12.2 Å². The summed E-state index contributed by atoms with van der Waals surface area (Å²) in [6.07, 6.45) is 1.86. The number of carbonyl (C=O) groups excluding carboxylic acids is 1. The number of rotatable bonds is 5. The van der Waals surface area contributed by atoms with Gasteiger partial charge in [0.1, 0.15) is 0 Å². The van der Waals surface area contributed by atoms with Gasteiger partial charge in [-0.15, -0.1) is 5.43 Å². The lowest BCUT2D eigenvalue weighted by Gasteiger charge is -2.25. The Kier molecular flexibility index (Phi) is 5.52. The normalized spacial score (nSPS) is 13.0. The molecule has 0 spiro atoms. The number of halogens is 7. The number of carbonyl (C=O) groups is 1. The Morgan fingerprint density at radius 2 is 1.37 bits per heavy atom. The van der Waals surface area contributed by atoms with Gasteiger partial charge in [-0.25, -0.2) is 0 Å². The maximum absolute atomic E-state index is 13.3. The molecule has 11 heteroatoms. The van der Waals surface area contributed by atoms with E-state index in [-0.39, 0.29) is 0 Å². The molecule has 2 aromatic heterocycles. The van der Waals surface area contributed by atoms with Crippen LogP contribution in [-0.4, -0.2) is 28.9 Å². The maximum atomic E-state index is 13.3. The lowest BCUT2D eigenvalue weighted by atomic mass is 10.1. The van der Waals surface area contributed by atoms with Crippen molar-refractivity contribution in [3.8, 4) is 0 Å². The van der Waals surface area contributed by atoms with Crippen molar-refractivity contribution in [2.75, 3.05) is 5.43 Å². The fourth-order valence-electron chi connectivity index (χ4n) is 1.80. The summed E-state index contributed by atoms with van der Waals surface area (Å²) in [6.45, 7) is 0. The molecule has 27 heavy (non-hydrogen) atoms. The van der Waals surface area contributed by atoms with Gasteiger partial charge in [0.2, 0.25) is 12.4 Å². The summed E-state index contributed by atoms with van der Waals surface area (Å²) >= 11 is 0. The van der Waals surface area contributed by atoms with Crippen LogP contribution in [0.1, 0.15) is 11.1 Å². The van der Waals surface area contributed by atoms with Gasteiger partial charge in [-0.3, -0.25) is 9.78 Å². The summed E-state index contributed by atoms with van der Waals surface area (Å²) in [6, 6.07) is 6.06. The monoisotopic (exact) mass is 394 g/mol. The Bertz CT molecular complexity index is 818. The predicted molar refractivity (Wildman–Crippen MR) is 80.1 cm³/mol. The Morgan fingerprint density at radius 1 is 0.889 bits per heavy atom. The van der Waals surface area contributed by atoms with Crippen molar-refractivity contribution in [1.82, 2.24) is 4.98 Å². The standard InChI is InChI=1S/C16H10F7N3O/c17-14(18,15(19,20)16(21,22)23)13(27)25-26-9-5-12(6-10-26)2-1-11-3-7-24-8-4-11/h1-10H/p+1. The molecule has 0 bridgehead atoms. The van der Waals surface area contributed by atoms with Gasteiger partial charge in [0.05, 0.1) is 0 Å². The second-order valence-electron chi connectivity index (χ2n) is 5.24. The fourth-order valence-corrected chi connectivity index (χ4v) is 1.80. The van der Waals surface area contributed by atoms with Gasteiger partial charge in [0.25, 0.3) is 0 Å². The second kappa shape index (κ2) is 7.33. The minimum Gasteiger partial charge on any atom is -0.265 e. The van der Waals surface area contributed by atoms with Crippen LogP contribution in [0.2, 0.25) is 0 Å². The summed E-state index contributed by atoms with van der Waals surface area (Å²) in [5, 5.41) is 0. The number of nitrogens with zero attached hydrogens (tertiary/aromatic N) is 2. The van der Waals surface area contributed by atoms with Gasteiger partial charge in [0.15, 0.2) is 0 Å². The molecule has 1 amide bonds. The first kappa shape index (κ1) is 20.3. The zero-order valence-electron chi connectivity index (χ0n) is 13.2. The molecule has 2 aromatic rings. The first-order chi connectivity index (χ1) is 12.4. The number of nitrogens with one attached hydrogen (secondary N) is 1. The van der Waals surface area contributed by atoms with Crippen LogP contribution in [0.15, 0.2) is 49.1 Å². The first-order valence-corrected chi connectivity index (χ1v) is 7.18. The quantitative estimate of drug-likeness (QED) is 0.624. The molecule has 0 saturated heterocycles. The summed E-state index contributed by atoms with van der Waals surface area (Å²) in [5.41, 5.74) is 2.63. The second-order valence-corrected chi connectivity index (χ2v) is 5.24. The zero-order chi connectivity index (χ0) is 20.3. The van der Waals surface area contributed by atoms with Crippen LogP contribution in [0.4, 0.5) is 30.7 Å². The van der Waals surface area contributed by atoms with Crippen LogP contribution in [-0.2, 0) is 4.79 Å². The SMILES string of the molecule is O=C(N[n+]1ccc(/C=C/c2ccncc2)cc1)C(F)(F)C(F)(F)C(F)(F)F. The molecule has 0 unspecified atom stereocenters. The van der Waals surface area contributed by atoms with Crippen molar-refractivity contribution < 1.29 is 40.2 Å². The predicted octanol–water partition coefficient (Wildman–Crippen LogP) is 3.44. The largest absolute Gasteiger partial charge is 0.460 e. The molecule has 0 saturated carbocycles. The van der Waals surface area contributed by atoms with Crippen molar-refractivity contribution in [2.24, 2.45) is 0 Å². The number of amides is 1. The average Bonchev–Trinajstić information content (AvgIpc) is 2.61. The zero-order valence-corrected chi connectivity index (χ0v) is 13.2. The van der Waals surface area contributed by atoms with E-state index in [9.17, 15) is 35.5 Å². The highest BCUT2D eigenvalue weighted by Gasteiger charge is 2.77. The topological polar surface area (TPSA) is 45.9 Å². The third kappa shape index (κ3) is 4.41. The first-order valence-electron chi connectivity index (χ1n) is 7.18. The minimum atomic E-state index is -6.58. The molecule has 0 aliphatic carbocycles. The Labute approximate surface area is 147 Å². The number of hydrogen-bond acceptors (Lipinski definition) is 2. The Morgan fingerprint density at radius 3 is 1.85 bits per heavy atom. The minimum absolute atomic E-state index is 0.534. The molecule has 0 aliphatic heterocycles. The van der Waals surface area contributed by atoms with Gasteiger partial charge in [-0.2, -0.15) is 30.7 Å². The van der Waals surface area contributed by atoms with Crippen molar-refractivity contribution >= 4 is 18.1 Å². The van der Waals surface area contributed by atoms with E-state index < -0.39 is 23.9 Å². The molecule has 144 valence electrons. The lowest BCUT2D eigenvalue weighted by molar-refractivity contribution is -0.643. The molecule has 4 nitrogen and oxygen atoms in total. The van der Waals surface area contributed by atoms with E-state index in [1.54, 1.807) is 36.7 Å². The van der Waals surface area contributed by atoms with E-state index in [0.29, 0.717) is 10.2 Å². The molecule has 0 fully saturated rings. The Balaban J connectivity index is 2.10. The van der Waals surface area contributed by atoms with Gasteiger partial charge in [-0.1, -0.05) is 16.8 Å². The number of pyridine rings is 2. The van der Waals surface area contributed by atoms with Gasteiger partial charge in [-0.05, 0) is 23.3 Å². The highest BCUT2D eigenvalue weighted by Crippen LogP contribution is 2.46. The van der Waals surface area contributed by atoms with E-state index in [2.05, 4.69) is 4.98 Å². The molecule has 0 atom stereocenters. The summed E-state index contributed by atoms with van der Waals surface area (Å²) in [5.74, 6) is -15.3. The molecular formula is C16H11F7N3O+. The summed E-state index contributed by atoms with van der Waals surface area (Å²) in [4.78, 5) is 15.1. The molecule has 0 aliphatic rings. The highest BCUT2D eigenvalue weighted by atomic mass is 19.4. The van der Waals surface area contributed by atoms with Gasteiger partial charge >= 0.3 is 23.9 Å². The fraction of sp³-hybridized carbons (Fsp3) is 0.188. The number of alkyl halides is 7. The van der Waals surface area contributed by atoms with Crippen molar-refractivity contribution in [1.29, 1.82) is 0 Å². The third-order valence-electron chi connectivity index (χ3n) is 3.30. The number of aromatic nitrogens is 2. The van der Waals surface area contributed by atoms with Crippen LogP contribution in [0.5, 0.6) is 0 Å². The summed E-state index contributed by atoms with van der Waals surface area (Å²) < 4.78 is 88.9. The van der Waals surface area contributed by atoms with E-state index in [4.69, 9.17) is 0 Å². The van der Waals surface area contributed by atoms with Crippen molar-refractivity contribution in [3.63, 3.8) is 0 Å². The average molecular weight is 394 g/mol. The molecule has 2 rings (SSSR count). The molecule has 1 N–H and O–H groups in total. The molecular weight excluding hydrogens is 383 g/mol. The smallest absolute Gasteiger partial charge is 0.265 e. The van der Waals surface area contributed by atoms with Gasteiger partial charge < -0.3 is 0 Å². The molecule has 0 aromatic carbocycles. The van der Waals surface area contributed by atoms with E-state index >= 15 is 0 Å². The van der Waals surface area contributed by atoms with E-state index in [1.165, 1.54) is 17.6 Å². The Hall–Kier alpha value is -2.98. The van der Waals surface area contributed by atoms with Crippen molar-refractivity contribution in [3.05, 3.63) is 60.2 Å². The van der Waals surface area contributed by atoms with Crippen LogP contribution < -0.4 is 10.1 Å². The molecule has 2 heterocycles. The van der Waals surface area contributed by atoms with Crippen LogP contribution >= 0.6 is 0 Å². The van der Waals surface area contributed by atoms with E-state index in [0.717, 1.165) is 18.0 Å². The highest BCUT2D eigenvalue weighted by molar-refractivity contribution is 5.90. The van der Waals surface area contributed by atoms with Crippen molar-refractivity contribution in [2.45, 2.75) is 18.0 Å². The third-order valence-corrected chi connectivity index (χ3v) is 3.30. The number of hydrogen-bond donors (Lipinski definition) is 1. The van der Waals surface area contributed by atoms with Crippen LogP contribution in [0, 0.1) is 0 Å². The van der Waals surface area contributed by atoms with E-state index in [1.807, 2.05) is 0 Å².